The Hall–Kier alpha value is -2.70. The zero-order valence-corrected chi connectivity index (χ0v) is 20.9. The normalized spacial score (nSPS) is 16.2. The van der Waals surface area contributed by atoms with Crippen molar-refractivity contribution in [3.05, 3.63) is 82.9 Å². The number of halogens is 1. The van der Waals surface area contributed by atoms with Crippen molar-refractivity contribution in [3.63, 3.8) is 0 Å². The van der Waals surface area contributed by atoms with Crippen molar-refractivity contribution in [1.29, 1.82) is 0 Å². The van der Waals surface area contributed by atoms with Gasteiger partial charge in [0.25, 0.3) is 0 Å². The fourth-order valence-corrected chi connectivity index (χ4v) is 5.29. The number of methoxy groups -OCH3 is 1. The van der Waals surface area contributed by atoms with Crippen molar-refractivity contribution in [3.8, 4) is 5.75 Å². The van der Waals surface area contributed by atoms with Crippen LogP contribution in [0.5, 0.6) is 5.75 Å². The van der Waals surface area contributed by atoms with Crippen LogP contribution < -0.4 is 4.74 Å². The van der Waals surface area contributed by atoms with Gasteiger partial charge < -0.3 is 4.74 Å². The SMILES string of the molecule is COc1cccc(CN2CCC([C@@H](Cc3ccccc3F)N(C)Cc3cn(C)nc3C)CC2)c1. The Kier molecular flexibility index (Phi) is 8.01. The van der Waals surface area contributed by atoms with E-state index in [0.29, 0.717) is 5.92 Å². The van der Waals surface area contributed by atoms with Gasteiger partial charge in [-0.15, -0.1) is 0 Å². The summed E-state index contributed by atoms with van der Waals surface area (Å²) in [6.07, 6.45) is 5.05. The fourth-order valence-electron chi connectivity index (χ4n) is 5.29. The lowest BCUT2D eigenvalue weighted by Crippen LogP contribution is -2.45. The molecule has 0 bridgehead atoms. The van der Waals surface area contributed by atoms with E-state index in [1.807, 2.05) is 29.9 Å². The third kappa shape index (κ3) is 6.05. The summed E-state index contributed by atoms with van der Waals surface area (Å²) in [6, 6.07) is 15.8. The zero-order chi connectivity index (χ0) is 24.1. The topological polar surface area (TPSA) is 33.5 Å². The lowest BCUT2D eigenvalue weighted by atomic mass is 9.84. The van der Waals surface area contributed by atoms with E-state index in [1.165, 1.54) is 11.1 Å². The summed E-state index contributed by atoms with van der Waals surface area (Å²) in [5.41, 5.74) is 4.39. The molecule has 0 unspecified atom stereocenters. The van der Waals surface area contributed by atoms with Gasteiger partial charge in [-0.1, -0.05) is 30.3 Å². The molecular weight excluding hydrogens is 427 g/mol. The van der Waals surface area contributed by atoms with Gasteiger partial charge in [0, 0.05) is 37.9 Å². The Morgan fingerprint density at radius 3 is 2.56 bits per heavy atom. The molecule has 0 spiro atoms. The Morgan fingerprint density at radius 2 is 1.88 bits per heavy atom. The molecule has 0 radical (unpaired) electrons. The maximum atomic E-state index is 14.6. The minimum absolute atomic E-state index is 0.103. The molecule has 1 atom stereocenters. The quantitative estimate of drug-likeness (QED) is 0.454. The summed E-state index contributed by atoms with van der Waals surface area (Å²) >= 11 is 0. The molecule has 0 N–H and O–H groups in total. The average molecular weight is 465 g/mol. The second-order valence-electron chi connectivity index (χ2n) is 9.66. The van der Waals surface area contributed by atoms with Crippen LogP contribution in [0, 0.1) is 18.7 Å². The number of benzene rings is 2. The number of hydrogen-bond donors (Lipinski definition) is 0. The molecule has 0 amide bonds. The second kappa shape index (κ2) is 11.2. The summed E-state index contributed by atoms with van der Waals surface area (Å²) in [7, 11) is 5.86. The van der Waals surface area contributed by atoms with E-state index in [4.69, 9.17) is 4.74 Å². The number of likely N-dealkylation sites (N-methyl/N-ethyl adjacent to an activating group) is 1. The summed E-state index contributed by atoms with van der Waals surface area (Å²) in [5, 5.41) is 4.51. The number of hydrogen-bond acceptors (Lipinski definition) is 4. The van der Waals surface area contributed by atoms with Crippen LogP contribution in [0.25, 0.3) is 0 Å². The monoisotopic (exact) mass is 464 g/mol. The predicted octanol–water partition coefficient (Wildman–Crippen LogP) is 4.83. The third-order valence-electron chi connectivity index (χ3n) is 7.20. The first-order valence-corrected chi connectivity index (χ1v) is 12.2. The van der Waals surface area contributed by atoms with Gasteiger partial charge in [0.15, 0.2) is 0 Å². The number of piperidine rings is 1. The van der Waals surface area contributed by atoms with Crippen LogP contribution in [-0.2, 0) is 26.6 Å². The van der Waals surface area contributed by atoms with E-state index in [1.54, 1.807) is 19.2 Å². The number of aromatic nitrogens is 2. The molecule has 1 saturated heterocycles. The van der Waals surface area contributed by atoms with Crippen LogP contribution in [0.15, 0.2) is 54.7 Å². The minimum atomic E-state index is -0.103. The number of rotatable bonds is 9. The molecule has 5 nitrogen and oxygen atoms in total. The van der Waals surface area contributed by atoms with Gasteiger partial charge in [-0.25, -0.2) is 4.39 Å². The zero-order valence-electron chi connectivity index (χ0n) is 20.9. The Balaban J connectivity index is 1.45. The molecule has 0 aliphatic carbocycles. The van der Waals surface area contributed by atoms with Crippen molar-refractivity contribution in [2.45, 2.75) is 45.3 Å². The van der Waals surface area contributed by atoms with Crippen molar-refractivity contribution in [2.24, 2.45) is 13.0 Å². The summed E-state index contributed by atoms with van der Waals surface area (Å²) in [4.78, 5) is 4.94. The Bertz CT molecular complexity index is 1070. The molecule has 1 aliphatic heterocycles. The first-order valence-electron chi connectivity index (χ1n) is 12.2. The van der Waals surface area contributed by atoms with Gasteiger partial charge in [0.2, 0.25) is 0 Å². The number of aryl methyl sites for hydroxylation is 2. The largest absolute Gasteiger partial charge is 0.497 e. The average Bonchev–Trinajstić information content (AvgIpc) is 3.15. The molecular formula is C28H37FN4O. The summed E-state index contributed by atoms with van der Waals surface area (Å²) in [6.45, 7) is 5.92. The summed E-state index contributed by atoms with van der Waals surface area (Å²) < 4.78 is 21.9. The lowest BCUT2D eigenvalue weighted by Gasteiger charge is -2.40. The third-order valence-corrected chi connectivity index (χ3v) is 7.20. The van der Waals surface area contributed by atoms with Crippen LogP contribution in [0.1, 0.15) is 35.2 Å². The van der Waals surface area contributed by atoms with Gasteiger partial charge in [-0.2, -0.15) is 5.10 Å². The van der Waals surface area contributed by atoms with Crippen LogP contribution in [-0.4, -0.2) is 52.9 Å². The minimum Gasteiger partial charge on any atom is -0.497 e. The molecule has 0 saturated carbocycles. The van der Waals surface area contributed by atoms with E-state index < -0.39 is 0 Å². The van der Waals surface area contributed by atoms with E-state index in [0.717, 1.165) is 62.4 Å². The molecule has 1 aliphatic rings. The van der Waals surface area contributed by atoms with Crippen LogP contribution >= 0.6 is 0 Å². The molecule has 3 aromatic rings. The predicted molar refractivity (Wildman–Crippen MR) is 134 cm³/mol. The highest BCUT2D eigenvalue weighted by Gasteiger charge is 2.30. The van der Waals surface area contributed by atoms with Crippen molar-refractivity contribution >= 4 is 0 Å². The van der Waals surface area contributed by atoms with Gasteiger partial charge in [-0.05, 0) is 81.6 Å². The molecule has 182 valence electrons. The van der Waals surface area contributed by atoms with Crippen LogP contribution in [0.4, 0.5) is 4.39 Å². The second-order valence-corrected chi connectivity index (χ2v) is 9.66. The van der Waals surface area contributed by atoms with E-state index in [-0.39, 0.29) is 11.9 Å². The summed E-state index contributed by atoms with van der Waals surface area (Å²) in [5.74, 6) is 1.32. The Labute approximate surface area is 203 Å². The van der Waals surface area contributed by atoms with Crippen LogP contribution in [0.2, 0.25) is 0 Å². The van der Waals surface area contributed by atoms with Gasteiger partial charge >= 0.3 is 0 Å². The molecule has 4 rings (SSSR count). The highest BCUT2D eigenvalue weighted by Crippen LogP contribution is 2.29. The van der Waals surface area contributed by atoms with E-state index in [9.17, 15) is 4.39 Å². The molecule has 6 heteroatoms. The Morgan fingerprint density at radius 1 is 1.12 bits per heavy atom. The smallest absolute Gasteiger partial charge is 0.126 e. The first kappa shape index (κ1) is 24.4. The number of likely N-dealkylation sites (tertiary alicyclic amines) is 1. The molecule has 2 aromatic carbocycles. The van der Waals surface area contributed by atoms with Crippen molar-refractivity contribution in [1.82, 2.24) is 19.6 Å². The van der Waals surface area contributed by atoms with Gasteiger partial charge in [-0.3, -0.25) is 14.5 Å². The standard InChI is InChI=1S/C28H37FN4O/c1-21-25(20-32(3)30-21)19-31(2)28(17-24-9-5-6-11-27(24)29)23-12-14-33(15-13-23)18-22-8-7-10-26(16-22)34-4/h5-11,16,20,23,28H,12-15,17-19H2,1-4H3/t28-/m1/s1. The fraction of sp³-hybridized carbons (Fsp3) is 0.464. The molecule has 1 aromatic heterocycles. The maximum absolute atomic E-state index is 14.6. The number of ether oxygens (including phenoxy) is 1. The molecule has 2 heterocycles. The molecule has 34 heavy (non-hydrogen) atoms. The van der Waals surface area contributed by atoms with E-state index >= 15 is 0 Å². The highest BCUT2D eigenvalue weighted by molar-refractivity contribution is 5.28. The number of nitrogens with zero attached hydrogens (tertiary/aromatic N) is 4. The van der Waals surface area contributed by atoms with Gasteiger partial charge in [0.1, 0.15) is 11.6 Å². The maximum Gasteiger partial charge on any atom is 0.126 e. The van der Waals surface area contributed by atoms with Crippen molar-refractivity contribution in [2.75, 3.05) is 27.2 Å². The van der Waals surface area contributed by atoms with Gasteiger partial charge in [0.05, 0.1) is 12.8 Å². The lowest BCUT2D eigenvalue weighted by molar-refractivity contribution is 0.0948. The van der Waals surface area contributed by atoms with Crippen LogP contribution in [0.3, 0.4) is 0 Å². The van der Waals surface area contributed by atoms with Crippen molar-refractivity contribution < 1.29 is 9.13 Å². The molecule has 1 fully saturated rings. The first-order chi connectivity index (χ1) is 16.4. The van der Waals surface area contributed by atoms with E-state index in [2.05, 4.69) is 53.3 Å². The highest BCUT2D eigenvalue weighted by atomic mass is 19.1.